The van der Waals surface area contributed by atoms with Crippen LogP contribution in [-0.2, 0) is 16.6 Å². The van der Waals surface area contributed by atoms with Gasteiger partial charge < -0.3 is 15.7 Å². The van der Waals surface area contributed by atoms with Crippen molar-refractivity contribution >= 4 is 28.7 Å². The molecule has 5 heterocycles. The molecule has 1 atom stereocenters. The number of nitrogens with two attached hydrogens (primary N) is 1. The van der Waals surface area contributed by atoms with Gasteiger partial charge >= 0.3 is 5.69 Å². The zero-order chi connectivity index (χ0) is 34.5. The Bertz CT molecular complexity index is 2150. The molecule has 3 fully saturated rings. The van der Waals surface area contributed by atoms with E-state index in [4.69, 9.17) is 10.8 Å². The van der Waals surface area contributed by atoms with E-state index < -0.39 is 11.9 Å². The van der Waals surface area contributed by atoms with Crippen LogP contribution in [0.2, 0.25) is 0 Å². The molecule has 0 spiro atoms. The van der Waals surface area contributed by atoms with Gasteiger partial charge in [-0.1, -0.05) is 24.3 Å². The number of nitrogen functional groups attached to an aromatic ring is 1. The Labute approximate surface area is 288 Å². The number of phenols is 1. The van der Waals surface area contributed by atoms with Crippen molar-refractivity contribution in [1.82, 2.24) is 39.3 Å². The van der Waals surface area contributed by atoms with Crippen molar-refractivity contribution in [3.05, 3.63) is 77.0 Å². The first-order valence-corrected chi connectivity index (χ1v) is 17.5. The van der Waals surface area contributed by atoms with Crippen molar-refractivity contribution in [3.8, 4) is 28.1 Å². The number of aromatic hydroxyl groups is 1. The summed E-state index contributed by atoms with van der Waals surface area (Å²) in [5, 5.41) is 25.8. The van der Waals surface area contributed by atoms with Crippen molar-refractivity contribution in [1.29, 1.82) is 0 Å². The highest BCUT2D eigenvalue weighted by atomic mass is 16.3. The number of aryl methyl sites for hydroxylation is 1. The van der Waals surface area contributed by atoms with E-state index in [1.807, 2.05) is 36.7 Å². The van der Waals surface area contributed by atoms with E-state index >= 15 is 0 Å². The molecule has 1 saturated carbocycles. The van der Waals surface area contributed by atoms with Crippen LogP contribution in [0.4, 0.5) is 5.82 Å². The highest BCUT2D eigenvalue weighted by molar-refractivity contribution is 6.00. The molecule has 0 bridgehead atoms. The van der Waals surface area contributed by atoms with E-state index in [2.05, 4.69) is 31.2 Å². The fourth-order valence-electron chi connectivity index (χ4n) is 8.43. The Hall–Kier alpha value is -5.30. The zero-order valence-corrected chi connectivity index (χ0v) is 28.0. The minimum atomic E-state index is -0.681. The normalized spacial score (nSPS) is 22.2. The lowest BCUT2D eigenvalue weighted by atomic mass is 9.80. The lowest BCUT2D eigenvalue weighted by Gasteiger charge is -2.41. The van der Waals surface area contributed by atoms with Crippen LogP contribution >= 0.6 is 0 Å². The number of imide groups is 1. The van der Waals surface area contributed by atoms with Gasteiger partial charge in [0.1, 0.15) is 11.8 Å². The summed E-state index contributed by atoms with van der Waals surface area (Å²) in [4.78, 5) is 40.5. The number of hydrogen-bond acceptors (Lipinski definition) is 9. The summed E-state index contributed by atoms with van der Waals surface area (Å²) < 4.78 is 5.31. The number of para-hydroxylation sites is 2. The number of anilines is 1. The SMILES string of the molecule is Cn1c(=O)n(C2CCC(=O)NC2=O)c2cccc(C3CCC(N4CCC(n5cc(-c6cc(-c7ccccc7O)nnc6N)cn5)CC4)CC3)c21. The first kappa shape index (κ1) is 31.9. The molecule has 8 rings (SSSR count). The molecule has 50 heavy (non-hydrogen) atoms. The lowest BCUT2D eigenvalue weighted by molar-refractivity contribution is -0.135. The molecule has 258 valence electrons. The smallest absolute Gasteiger partial charge is 0.329 e. The third-order valence-corrected chi connectivity index (χ3v) is 11.1. The highest BCUT2D eigenvalue weighted by Gasteiger charge is 2.34. The fourth-order valence-corrected chi connectivity index (χ4v) is 8.43. The predicted molar refractivity (Wildman–Crippen MR) is 188 cm³/mol. The van der Waals surface area contributed by atoms with Crippen LogP contribution in [-0.4, -0.2) is 70.1 Å². The summed E-state index contributed by atoms with van der Waals surface area (Å²) >= 11 is 0. The third kappa shape index (κ3) is 5.64. The summed E-state index contributed by atoms with van der Waals surface area (Å²) in [5.74, 6) is 0.0920. The van der Waals surface area contributed by atoms with Crippen LogP contribution in [0, 0.1) is 0 Å². The number of benzene rings is 2. The van der Waals surface area contributed by atoms with Crippen molar-refractivity contribution in [2.24, 2.45) is 7.05 Å². The first-order valence-electron chi connectivity index (χ1n) is 17.5. The molecule has 0 radical (unpaired) electrons. The predicted octanol–water partition coefficient (Wildman–Crippen LogP) is 4.29. The number of carbonyl (C=O) groups is 2. The summed E-state index contributed by atoms with van der Waals surface area (Å²) in [6.07, 6.45) is 10.7. The van der Waals surface area contributed by atoms with Gasteiger partial charge in [0.2, 0.25) is 11.8 Å². The number of fused-ring (bicyclic) bond motifs is 1. The number of nitrogens with one attached hydrogen (secondary N) is 1. The zero-order valence-electron chi connectivity index (χ0n) is 28.0. The van der Waals surface area contributed by atoms with Crippen molar-refractivity contribution in [2.45, 2.75) is 75.4 Å². The molecule has 3 aliphatic rings. The van der Waals surface area contributed by atoms with Gasteiger partial charge in [-0.25, -0.2) is 4.79 Å². The Morgan fingerprint density at radius 2 is 1.66 bits per heavy atom. The topological polar surface area (TPSA) is 166 Å². The van der Waals surface area contributed by atoms with Gasteiger partial charge in [0.15, 0.2) is 5.82 Å². The van der Waals surface area contributed by atoms with Gasteiger partial charge in [0.25, 0.3) is 0 Å². The van der Waals surface area contributed by atoms with Crippen molar-refractivity contribution in [3.63, 3.8) is 0 Å². The van der Waals surface area contributed by atoms with Crippen molar-refractivity contribution < 1.29 is 14.7 Å². The van der Waals surface area contributed by atoms with Crippen LogP contribution in [0.3, 0.4) is 0 Å². The van der Waals surface area contributed by atoms with Crippen LogP contribution in [0.5, 0.6) is 5.75 Å². The molecule has 2 aliphatic heterocycles. The first-order chi connectivity index (χ1) is 24.3. The van der Waals surface area contributed by atoms with Crippen LogP contribution in [0.1, 0.15) is 74.9 Å². The molecule has 4 N–H and O–H groups in total. The molecule has 13 nitrogen and oxygen atoms in total. The van der Waals surface area contributed by atoms with E-state index in [1.54, 1.807) is 34.4 Å². The Morgan fingerprint density at radius 1 is 0.880 bits per heavy atom. The molecule has 2 aromatic carbocycles. The Balaban J connectivity index is 0.914. The number of imidazole rings is 1. The number of carbonyl (C=O) groups excluding carboxylic acids is 2. The fraction of sp³-hybridized carbons (Fsp3) is 0.405. The van der Waals surface area contributed by atoms with Gasteiger partial charge in [-0.2, -0.15) is 5.10 Å². The average Bonchev–Trinajstić information content (AvgIpc) is 3.72. The van der Waals surface area contributed by atoms with Gasteiger partial charge in [-0.05, 0) is 80.7 Å². The molecule has 2 amide bonds. The van der Waals surface area contributed by atoms with E-state index in [9.17, 15) is 19.5 Å². The van der Waals surface area contributed by atoms with E-state index in [-0.39, 0.29) is 29.8 Å². The summed E-state index contributed by atoms with van der Waals surface area (Å²) in [6.45, 7) is 2.01. The van der Waals surface area contributed by atoms with Gasteiger partial charge in [0, 0.05) is 55.5 Å². The number of phenolic OH excluding ortho intramolecular Hbond substituents is 1. The molecule has 5 aromatic rings. The molecule has 1 aliphatic carbocycles. The Kier molecular flexibility index (Phi) is 8.22. The Morgan fingerprint density at radius 3 is 2.42 bits per heavy atom. The number of piperidine rings is 2. The minimum absolute atomic E-state index is 0.138. The number of amides is 2. The molecular formula is C37H41N9O4. The second kappa shape index (κ2) is 12.9. The lowest BCUT2D eigenvalue weighted by Crippen LogP contribution is -2.44. The molecule has 2 saturated heterocycles. The average molecular weight is 676 g/mol. The molecular weight excluding hydrogens is 634 g/mol. The van der Waals surface area contributed by atoms with Gasteiger partial charge in [-0.3, -0.25) is 28.7 Å². The maximum atomic E-state index is 13.4. The molecule has 1 unspecified atom stereocenters. The number of hydrogen-bond donors (Lipinski definition) is 3. The standard InChI is InChI=1S/C37H41N9O4/c1-43-34-26(6-4-7-30(34)46(37(43)50)31-13-14-33(48)40-36(31)49)22-9-11-24(12-10-22)44-17-15-25(16-18-44)45-21-23(20-39-45)28-19-29(41-42-35(28)38)27-5-2-3-8-32(27)47/h2-8,19-22,24-25,31,47H,9-18H2,1H3,(H2,38,42)(H,40,48,49). The molecule has 13 heteroatoms. The number of rotatable bonds is 6. The van der Waals surface area contributed by atoms with E-state index in [0.29, 0.717) is 35.5 Å². The maximum absolute atomic E-state index is 13.4. The largest absolute Gasteiger partial charge is 0.507 e. The van der Waals surface area contributed by atoms with Crippen LogP contribution in [0.15, 0.2) is 65.7 Å². The second-order valence-electron chi connectivity index (χ2n) is 13.9. The van der Waals surface area contributed by atoms with Crippen LogP contribution < -0.4 is 16.7 Å². The van der Waals surface area contributed by atoms with Gasteiger partial charge in [0.05, 0.1) is 29.0 Å². The number of nitrogens with zero attached hydrogens (tertiary/aromatic N) is 7. The quantitative estimate of drug-likeness (QED) is 0.223. The molecule has 3 aromatic heterocycles. The third-order valence-electron chi connectivity index (χ3n) is 11.1. The number of likely N-dealkylation sites (tertiary alicyclic amines) is 1. The summed E-state index contributed by atoms with van der Waals surface area (Å²) in [6, 6.07) is 15.1. The highest BCUT2D eigenvalue weighted by Crippen LogP contribution is 2.40. The van der Waals surface area contributed by atoms with E-state index in [1.165, 1.54) is 0 Å². The van der Waals surface area contributed by atoms with Crippen molar-refractivity contribution in [2.75, 3.05) is 18.8 Å². The summed E-state index contributed by atoms with van der Waals surface area (Å²) in [7, 11) is 1.78. The summed E-state index contributed by atoms with van der Waals surface area (Å²) in [5.41, 5.74) is 11.6. The number of aromatic nitrogens is 6. The van der Waals surface area contributed by atoms with Gasteiger partial charge in [-0.15, -0.1) is 10.2 Å². The minimum Gasteiger partial charge on any atom is -0.507 e. The van der Waals surface area contributed by atoms with Crippen LogP contribution in [0.25, 0.3) is 33.4 Å². The maximum Gasteiger partial charge on any atom is 0.329 e. The monoisotopic (exact) mass is 675 g/mol. The second-order valence-corrected chi connectivity index (χ2v) is 13.9. The van der Waals surface area contributed by atoms with E-state index in [0.717, 1.165) is 79.3 Å².